The largest absolute Gasteiger partial charge is 0.255 e. The van der Waals surface area contributed by atoms with Crippen molar-refractivity contribution in [2.24, 2.45) is 0 Å². The highest BCUT2D eigenvalue weighted by atomic mass is 19.2. The van der Waals surface area contributed by atoms with E-state index in [0.717, 1.165) is 23.2 Å². The van der Waals surface area contributed by atoms with Gasteiger partial charge in [0.1, 0.15) is 0 Å². The maximum atomic E-state index is 14.4. The van der Waals surface area contributed by atoms with E-state index in [0.29, 0.717) is 17.5 Å². The summed E-state index contributed by atoms with van der Waals surface area (Å²) in [5.74, 6) is 4.25. The summed E-state index contributed by atoms with van der Waals surface area (Å²) in [6, 6.07) is 14.4. The number of hydrogen-bond acceptors (Lipinski definition) is 1. The van der Waals surface area contributed by atoms with Crippen molar-refractivity contribution in [1.82, 2.24) is 4.98 Å². The molecule has 1 heterocycles. The van der Waals surface area contributed by atoms with Crippen LogP contribution in [0, 0.1) is 23.5 Å². The van der Waals surface area contributed by atoms with Gasteiger partial charge >= 0.3 is 0 Å². The number of benzene rings is 2. The van der Waals surface area contributed by atoms with Gasteiger partial charge in [-0.1, -0.05) is 55.7 Å². The van der Waals surface area contributed by atoms with E-state index in [9.17, 15) is 8.78 Å². The molecule has 0 atom stereocenters. The van der Waals surface area contributed by atoms with Gasteiger partial charge in [0.2, 0.25) is 0 Å². The van der Waals surface area contributed by atoms with Crippen LogP contribution in [0.4, 0.5) is 8.78 Å². The minimum absolute atomic E-state index is 0.274. The molecule has 0 bridgehead atoms. The second-order valence-electron chi connectivity index (χ2n) is 6.03. The standard InChI is InChI=1S/C23H19F2N/c1-3-5-16-7-14-21(26-15-16)18-10-8-17(9-11-18)20-13-12-19(6-4-2)22(24)23(20)25/h7-15H,4,6H2,1-2H3. The first-order chi connectivity index (χ1) is 12.6. The lowest BCUT2D eigenvalue weighted by Crippen LogP contribution is -1.97. The van der Waals surface area contributed by atoms with E-state index in [2.05, 4.69) is 16.8 Å². The molecule has 0 radical (unpaired) electrons. The Bertz CT molecular complexity index is 962. The number of rotatable bonds is 4. The minimum Gasteiger partial charge on any atom is -0.255 e. The van der Waals surface area contributed by atoms with Crippen LogP contribution in [0.25, 0.3) is 22.4 Å². The van der Waals surface area contributed by atoms with E-state index in [-0.39, 0.29) is 5.56 Å². The average Bonchev–Trinajstić information content (AvgIpc) is 2.67. The van der Waals surface area contributed by atoms with E-state index >= 15 is 0 Å². The second kappa shape index (κ2) is 7.93. The minimum atomic E-state index is -0.788. The fraction of sp³-hybridized carbons (Fsp3) is 0.174. The normalized spacial score (nSPS) is 10.3. The Labute approximate surface area is 152 Å². The van der Waals surface area contributed by atoms with Gasteiger partial charge in [0.15, 0.2) is 11.6 Å². The maximum Gasteiger partial charge on any atom is 0.166 e. The van der Waals surface area contributed by atoms with Crippen molar-refractivity contribution in [1.29, 1.82) is 0 Å². The van der Waals surface area contributed by atoms with E-state index in [1.807, 2.05) is 31.2 Å². The molecular weight excluding hydrogens is 328 g/mol. The Morgan fingerprint density at radius 1 is 0.885 bits per heavy atom. The summed E-state index contributed by atoms with van der Waals surface area (Å²) in [6.07, 6.45) is 3.04. The van der Waals surface area contributed by atoms with Crippen LogP contribution in [0.5, 0.6) is 0 Å². The van der Waals surface area contributed by atoms with Gasteiger partial charge < -0.3 is 0 Å². The van der Waals surface area contributed by atoms with Gasteiger partial charge in [-0.25, -0.2) is 8.78 Å². The molecule has 0 spiro atoms. The van der Waals surface area contributed by atoms with Crippen LogP contribution in [0.1, 0.15) is 31.4 Å². The molecule has 0 aliphatic carbocycles. The van der Waals surface area contributed by atoms with Crippen molar-refractivity contribution < 1.29 is 8.78 Å². The maximum absolute atomic E-state index is 14.4. The van der Waals surface area contributed by atoms with Crippen LogP contribution in [0.2, 0.25) is 0 Å². The van der Waals surface area contributed by atoms with Crippen molar-refractivity contribution in [2.75, 3.05) is 0 Å². The molecule has 2 aromatic carbocycles. The Morgan fingerprint density at radius 2 is 1.62 bits per heavy atom. The molecular formula is C23H19F2N. The lowest BCUT2D eigenvalue weighted by atomic mass is 9.99. The van der Waals surface area contributed by atoms with Crippen LogP contribution in [-0.2, 0) is 6.42 Å². The number of pyridine rings is 1. The molecule has 0 unspecified atom stereocenters. The molecule has 3 rings (SSSR count). The highest BCUT2D eigenvalue weighted by Gasteiger charge is 2.14. The van der Waals surface area contributed by atoms with Crippen LogP contribution < -0.4 is 0 Å². The topological polar surface area (TPSA) is 12.9 Å². The Balaban J connectivity index is 1.90. The number of halogens is 2. The first-order valence-electron chi connectivity index (χ1n) is 8.60. The van der Waals surface area contributed by atoms with Crippen molar-refractivity contribution in [3.63, 3.8) is 0 Å². The summed E-state index contributed by atoms with van der Waals surface area (Å²) < 4.78 is 28.6. The van der Waals surface area contributed by atoms with Crippen LogP contribution in [0.3, 0.4) is 0 Å². The Hall–Kier alpha value is -2.99. The highest BCUT2D eigenvalue weighted by molar-refractivity contribution is 5.69. The molecule has 0 aliphatic rings. The van der Waals surface area contributed by atoms with E-state index in [1.54, 1.807) is 37.4 Å². The van der Waals surface area contributed by atoms with Gasteiger partial charge in [0.25, 0.3) is 0 Å². The molecule has 130 valence electrons. The quantitative estimate of drug-likeness (QED) is 0.526. The molecule has 3 heteroatoms. The molecule has 0 N–H and O–H groups in total. The van der Waals surface area contributed by atoms with Gasteiger partial charge in [0.05, 0.1) is 5.69 Å². The first-order valence-corrected chi connectivity index (χ1v) is 8.60. The lowest BCUT2D eigenvalue weighted by Gasteiger charge is -2.09. The molecule has 0 aliphatic heterocycles. The van der Waals surface area contributed by atoms with Crippen molar-refractivity contribution in [3.05, 3.63) is 77.5 Å². The van der Waals surface area contributed by atoms with Crippen molar-refractivity contribution >= 4 is 0 Å². The van der Waals surface area contributed by atoms with E-state index in [4.69, 9.17) is 0 Å². The summed E-state index contributed by atoms with van der Waals surface area (Å²) in [4.78, 5) is 4.40. The van der Waals surface area contributed by atoms with Crippen LogP contribution in [0.15, 0.2) is 54.7 Å². The highest BCUT2D eigenvalue weighted by Crippen LogP contribution is 2.29. The Morgan fingerprint density at radius 3 is 2.23 bits per heavy atom. The van der Waals surface area contributed by atoms with Crippen molar-refractivity contribution in [2.45, 2.75) is 26.7 Å². The number of aryl methyl sites for hydroxylation is 1. The summed E-state index contributed by atoms with van der Waals surface area (Å²) in [5.41, 5.74) is 3.91. The zero-order valence-corrected chi connectivity index (χ0v) is 14.8. The van der Waals surface area contributed by atoms with Gasteiger partial charge in [-0.3, -0.25) is 4.98 Å². The zero-order chi connectivity index (χ0) is 18.5. The van der Waals surface area contributed by atoms with Gasteiger partial charge in [0, 0.05) is 22.9 Å². The van der Waals surface area contributed by atoms with Gasteiger partial charge in [-0.05, 0) is 36.6 Å². The van der Waals surface area contributed by atoms with Crippen LogP contribution >= 0.6 is 0 Å². The van der Waals surface area contributed by atoms with E-state index < -0.39 is 11.6 Å². The SMILES string of the molecule is CC#Cc1ccc(-c2ccc(-c3ccc(CCC)c(F)c3F)cc2)nc1. The monoisotopic (exact) mass is 347 g/mol. The molecule has 0 saturated carbocycles. The summed E-state index contributed by atoms with van der Waals surface area (Å²) in [7, 11) is 0. The summed E-state index contributed by atoms with van der Waals surface area (Å²) >= 11 is 0. The predicted octanol–water partition coefficient (Wildman–Crippen LogP) is 6.02. The van der Waals surface area contributed by atoms with Crippen molar-refractivity contribution in [3.8, 4) is 34.2 Å². The number of hydrogen-bond donors (Lipinski definition) is 0. The zero-order valence-electron chi connectivity index (χ0n) is 14.8. The lowest BCUT2D eigenvalue weighted by molar-refractivity contribution is 0.500. The molecule has 0 amide bonds. The Kier molecular flexibility index (Phi) is 5.43. The average molecular weight is 347 g/mol. The molecule has 1 aromatic heterocycles. The number of nitrogens with zero attached hydrogens (tertiary/aromatic N) is 1. The van der Waals surface area contributed by atoms with Crippen LogP contribution in [-0.4, -0.2) is 4.98 Å². The third-order valence-electron chi connectivity index (χ3n) is 4.21. The molecule has 0 fully saturated rings. The van der Waals surface area contributed by atoms with E-state index in [1.165, 1.54) is 0 Å². The number of aromatic nitrogens is 1. The van der Waals surface area contributed by atoms with Gasteiger partial charge in [-0.2, -0.15) is 0 Å². The molecule has 26 heavy (non-hydrogen) atoms. The molecule has 3 aromatic rings. The first kappa shape index (κ1) is 17.8. The van der Waals surface area contributed by atoms with Gasteiger partial charge in [-0.15, -0.1) is 5.92 Å². The second-order valence-corrected chi connectivity index (χ2v) is 6.03. The fourth-order valence-electron chi connectivity index (χ4n) is 2.88. The third kappa shape index (κ3) is 3.65. The summed E-state index contributed by atoms with van der Waals surface area (Å²) in [5, 5.41) is 0. The predicted molar refractivity (Wildman–Crippen MR) is 102 cm³/mol. The molecule has 1 nitrogen and oxygen atoms in total. The third-order valence-corrected chi connectivity index (χ3v) is 4.21. The molecule has 0 saturated heterocycles. The fourth-order valence-corrected chi connectivity index (χ4v) is 2.88. The summed E-state index contributed by atoms with van der Waals surface area (Å²) in [6.45, 7) is 3.72. The smallest absolute Gasteiger partial charge is 0.166 e.